The van der Waals surface area contributed by atoms with Crippen LogP contribution in [0.15, 0.2) is 29.2 Å². The van der Waals surface area contributed by atoms with Gasteiger partial charge in [0.2, 0.25) is 5.65 Å². The van der Waals surface area contributed by atoms with Gasteiger partial charge in [0.1, 0.15) is 0 Å². The van der Waals surface area contributed by atoms with E-state index in [4.69, 9.17) is 0 Å². The van der Waals surface area contributed by atoms with Gasteiger partial charge in [0.05, 0.1) is 23.7 Å². The van der Waals surface area contributed by atoms with Crippen LogP contribution < -0.4 is 5.56 Å². The van der Waals surface area contributed by atoms with Crippen molar-refractivity contribution in [2.45, 2.75) is 6.18 Å². The monoisotopic (exact) mass is 311 g/mol. The molecule has 114 valence electrons. The number of H-pyrrole nitrogens is 1. The molecule has 1 N–H and O–H groups in total. The van der Waals surface area contributed by atoms with Crippen LogP contribution in [-0.4, -0.2) is 27.4 Å². The highest BCUT2D eigenvalue weighted by atomic mass is 19.4. The first-order valence-electron chi connectivity index (χ1n) is 6.02. The van der Waals surface area contributed by atoms with Gasteiger partial charge in [0.25, 0.3) is 5.56 Å². The Morgan fingerprint density at radius 1 is 1.36 bits per heavy atom. The third-order valence-corrected chi connectivity index (χ3v) is 3.14. The van der Waals surface area contributed by atoms with Crippen LogP contribution in [0.25, 0.3) is 16.7 Å². The number of fused-ring (bicyclic) bond motifs is 3. The Balaban J connectivity index is 2.34. The van der Waals surface area contributed by atoms with Gasteiger partial charge >= 0.3 is 12.1 Å². The smallest absolute Gasteiger partial charge is 0.416 e. The molecule has 3 aromatic rings. The maximum absolute atomic E-state index is 12.7. The standard InChI is InChI=1S/C13H8F3N3O3/c1-22-12(21)8-5-19-9-3-2-6(13(14,15)16)4-7(9)18-11(20)10(19)17-8/h2-5H,1H3,(H,18,20). The first-order chi connectivity index (χ1) is 10.3. The van der Waals surface area contributed by atoms with Gasteiger partial charge in [0, 0.05) is 6.20 Å². The zero-order valence-electron chi connectivity index (χ0n) is 11.1. The topological polar surface area (TPSA) is 76.5 Å². The van der Waals surface area contributed by atoms with E-state index in [1.165, 1.54) is 16.7 Å². The van der Waals surface area contributed by atoms with E-state index >= 15 is 0 Å². The van der Waals surface area contributed by atoms with Gasteiger partial charge in [-0.3, -0.25) is 9.20 Å². The summed E-state index contributed by atoms with van der Waals surface area (Å²) in [5, 5.41) is 0. The van der Waals surface area contributed by atoms with E-state index in [0.29, 0.717) is 0 Å². The van der Waals surface area contributed by atoms with Crippen LogP contribution in [-0.2, 0) is 10.9 Å². The number of benzene rings is 1. The SMILES string of the molecule is COC(=O)c1cn2c(n1)c(=O)[nH]c1cc(C(F)(F)F)ccc12. The van der Waals surface area contributed by atoms with E-state index in [1.54, 1.807) is 0 Å². The zero-order valence-corrected chi connectivity index (χ0v) is 11.1. The second kappa shape index (κ2) is 4.58. The van der Waals surface area contributed by atoms with Gasteiger partial charge < -0.3 is 9.72 Å². The first kappa shape index (κ1) is 14.1. The molecule has 0 radical (unpaired) electrons. The van der Waals surface area contributed by atoms with Crippen molar-refractivity contribution < 1.29 is 22.7 Å². The minimum absolute atomic E-state index is 0.0128. The molecule has 0 atom stereocenters. The fraction of sp³-hybridized carbons (Fsp3) is 0.154. The molecule has 22 heavy (non-hydrogen) atoms. The van der Waals surface area contributed by atoms with E-state index < -0.39 is 23.3 Å². The predicted molar refractivity (Wildman–Crippen MR) is 69.7 cm³/mol. The summed E-state index contributed by atoms with van der Waals surface area (Å²) < 4.78 is 43.9. The van der Waals surface area contributed by atoms with Crippen molar-refractivity contribution in [1.29, 1.82) is 0 Å². The summed E-state index contributed by atoms with van der Waals surface area (Å²) in [4.78, 5) is 29.5. The van der Waals surface area contributed by atoms with Crippen molar-refractivity contribution in [2.24, 2.45) is 0 Å². The molecule has 0 aliphatic carbocycles. The van der Waals surface area contributed by atoms with Crippen molar-refractivity contribution in [1.82, 2.24) is 14.4 Å². The average molecular weight is 311 g/mol. The van der Waals surface area contributed by atoms with E-state index in [2.05, 4.69) is 14.7 Å². The molecular weight excluding hydrogens is 303 g/mol. The van der Waals surface area contributed by atoms with E-state index in [0.717, 1.165) is 19.2 Å². The molecule has 0 unspecified atom stereocenters. The number of hydrogen-bond donors (Lipinski definition) is 1. The molecule has 9 heteroatoms. The maximum Gasteiger partial charge on any atom is 0.416 e. The quantitative estimate of drug-likeness (QED) is 0.697. The Kier molecular flexibility index (Phi) is 2.94. The van der Waals surface area contributed by atoms with E-state index in [1.807, 2.05) is 0 Å². The highest BCUT2D eigenvalue weighted by molar-refractivity contribution is 5.89. The van der Waals surface area contributed by atoms with Crippen molar-refractivity contribution in [3.05, 3.63) is 46.0 Å². The zero-order chi connectivity index (χ0) is 16.1. The Labute approximate surface area is 120 Å². The molecule has 6 nitrogen and oxygen atoms in total. The van der Waals surface area contributed by atoms with Gasteiger partial charge in [-0.1, -0.05) is 0 Å². The summed E-state index contributed by atoms with van der Waals surface area (Å²) in [6.45, 7) is 0. The van der Waals surface area contributed by atoms with Crippen LogP contribution in [0.5, 0.6) is 0 Å². The largest absolute Gasteiger partial charge is 0.464 e. The number of ether oxygens (including phenoxy) is 1. The number of nitrogens with zero attached hydrogens (tertiary/aromatic N) is 2. The van der Waals surface area contributed by atoms with Crippen molar-refractivity contribution in [3.63, 3.8) is 0 Å². The fourth-order valence-corrected chi connectivity index (χ4v) is 2.13. The normalized spacial score (nSPS) is 12.0. The number of esters is 1. The number of carbonyl (C=O) groups excluding carboxylic acids is 1. The lowest BCUT2D eigenvalue weighted by molar-refractivity contribution is -0.137. The molecule has 2 aromatic heterocycles. The number of rotatable bonds is 1. The molecule has 0 saturated carbocycles. The Bertz CT molecular complexity index is 956. The first-order valence-corrected chi connectivity index (χ1v) is 6.02. The number of hydrogen-bond acceptors (Lipinski definition) is 4. The molecule has 0 fully saturated rings. The Morgan fingerprint density at radius 2 is 2.09 bits per heavy atom. The van der Waals surface area contributed by atoms with Crippen molar-refractivity contribution in [3.8, 4) is 0 Å². The number of alkyl halides is 3. The highest BCUT2D eigenvalue weighted by Crippen LogP contribution is 2.30. The van der Waals surface area contributed by atoms with Crippen LogP contribution in [0.1, 0.15) is 16.1 Å². The number of methoxy groups -OCH3 is 1. The third kappa shape index (κ3) is 2.10. The lowest BCUT2D eigenvalue weighted by Gasteiger charge is -2.08. The van der Waals surface area contributed by atoms with Crippen LogP contribution >= 0.6 is 0 Å². The Hall–Kier alpha value is -2.84. The summed E-state index contributed by atoms with van der Waals surface area (Å²) in [7, 11) is 1.16. The van der Waals surface area contributed by atoms with Gasteiger partial charge in [-0.05, 0) is 18.2 Å². The lowest BCUT2D eigenvalue weighted by Crippen LogP contribution is -2.12. The fourth-order valence-electron chi connectivity index (χ4n) is 2.13. The summed E-state index contributed by atoms with van der Waals surface area (Å²) >= 11 is 0. The van der Waals surface area contributed by atoms with Crippen molar-refractivity contribution in [2.75, 3.05) is 7.11 Å². The van der Waals surface area contributed by atoms with Gasteiger partial charge in [0.15, 0.2) is 5.69 Å². The third-order valence-electron chi connectivity index (χ3n) is 3.14. The molecule has 0 bridgehead atoms. The van der Waals surface area contributed by atoms with Gasteiger partial charge in [-0.2, -0.15) is 13.2 Å². The minimum atomic E-state index is -4.52. The van der Waals surface area contributed by atoms with Gasteiger partial charge in [-0.15, -0.1) is 0 Å². The molecule has 0 saturated heterocycles. The summed E-state index contributed by atoms with van der Waals surface area (Å²) in [5.41, 5.74) is -1.54. The van der Waals surface area contributed by atoms with Crippen LogP contribution in [0.2, 0.25) is 0 Å². The molecule has 1 aromatic carbocycles. The molecule has 3 rings (SSSR count). The molecule has 0 aliphatic rings. The number of carbonyl (C=O) groups is 1. The van der Waals surface area contributed by atoms with E-state index in [-0.39, 0.29) is 22.4 Å². The van der Waals surface area contributed by atoms with Crippen LogP contribution in [0.3, 0.4) is 0 Å². The predicted octanol–water partition coefficient (Wildman–Crippen LogP) is 1.98. The summed E-state index contributed by atoms with van der Waals surface area (Å²) in [6, 6.07) is 2.91. The number of imidazole rings is 1. The lowest BCUT2D eigenvalue weighted by atomic mass is 10.2. The second-order valence-electron chi connectivity index (χ2n) is 4.50. The van der Waals surface area contributed by atoms with Crippen molar-refractivity contribution >= 4 is 22.6 Å². The number of halogens is 3. The molecule has 2 heterocycles. The number of aromatic nitrogens is 3. The molecule has 0 amide bonds. The van der Waals surface area contributed by atoms with Gasteiger partial charge in [-0.25, -0.2) is 9.78 Å². The summed E-state index contributed by atoms with van der Waals surface area (Å²) in [5.74, 6) is -0.747. The average Bonchev–Trinajstić information content (AvgIpc) is 2.91. The Morgan fingerprint density at radius 3 is 2.73 bits per heavy atom. The highest BCUT2D eigenvalue weighted by Gasteiger charge is 2.30. The molecular formula is C13H8F3N3O3. The number of nitrogens with one attached hydrogen (secondary N) is 1. The van der Waals surface area contributed by atoms with E-state index in [9.17, 15) is 22.8 Å². The molecule has 0 spiro atoms. The minimum Gasteiger partial charge on any atom is -0.464 e. The molecule has 0 aliphatic heterocycles. The maximum atomic E-state index is 12.7. The van der Waals surface area contributed by atoms with Crippen LogP contribution in [0, 0.1) is 0 Å². The second-order valence-corrected chi connectivity index (χ2v) is 4.50. The van der Waals surface area contributed by atoms with Crippen LogP contribution in [0.4, 0.5) is 13.2 Å². The summed E-state index contributed by atoms with van der Waals surface area (Å²) in [6.07, 6.45) is -3.28. The number of aromatic amines is 1.